The molecule has 1 aliphatic rings. The molecule has 1 amide bonds. The maximum absolute atomic E-state index is 13.7. The smallest absolute Gasteiger partial charge is 0.289 e. The summed E-state index contributed by atoms with van der Waals surface area (Å²) in [7, 11) is -4.31. The normalized spacial score (nSPS) is 20.6. The predicted octanol–water partition coefficient (Wildman–Crippen LogP) is 5.00. The molecule has 8 nitrogen and oxygen atoms in total. The van der Waals surface area contributed by atoms with Crippen LogP contribution in [0.5, 0.6) is 0 Å². The fraction of sp³-hybridized carbons (Fsp3) is 0.458. The number of nitrogens with one attached hydrogen (secondary N) is 1. The van der Waals surface area contributed by atoms with Crippen molar-refractivity contribution in [3.05, 3.63) is 62.7 Å². The molecule has 1 aliphatic carbocycles. The van der Waals surface area contributed by atoms with Gasteiger partial charge in [-0.1, -0.05) is 56.0 Å². The second-order valence-corrected chi connectivity index (χ2v) is 11.4. The second kappa shape index (κ2) is 10.3. The van der Waals surface area contributed by atoms with Gasteiger partial charge < -0.3 is 5.32 Å². The van der Waals surface area contributed by atoms with E-state index < -0.39 is 33.1 Å². The number of carbonyl (C=O) groups is 1. The van der Waals surface area contributed by atoms with Gasteiger partial charge >= 0.3 is 0 Å². The Balaban J connectivity index is 2.00. The molecule has 0 saturated heterocycles. The molecular formula is C24H30ClN3O5S. The molecule has 34 heavy (non-hydrogen) atoms. The number of nitro benzene ring substituents is 1. The Labute approximate surface area is 205 Å². The third-order valence-electron chi connectivity index (χ3n) is 6.66. The molecule has 0 radical (unpaired) electrons. The lowest BCUT2D eigenvalue weighted by atomic mass is 9.78. The number of benzene rings is 2. The lowest BCUT2D eigenvalue weighted by molar-refractivity contribution is -0.384. The molecule has 3 atom stereocenters. The summed E-state index contributed by atoms with van der Waals surface area (Å²) in [6.07, 6.45) is 2.95. The molecule has 1 saturated carbocycles. The first-order valence-electron chi connectivity index (χ1n) is 11.2. The van der Waals surface area contributed by atoms with Gasteiger partial charge in [0, 0.05) is 12.1 Å². The lowest BCUT2D eigenvalue weighted by Gasteiger charge is -2.35. The molecule has 0 unspecified atom stereocenters. The highest BCUT2D eigenvalue weighted by molar-refractivity contribution is 7.92. The maximum atomic E-state index is 13.7. The molecule has 2 aromatic carbocycles. The number of nitro groups is 1. The van der Waals surface area contributed by atoms with Gasteiger partial charge in [0.1, 0.15) is 11.6 Å². The average molecular weight is 508 g/mol. The number of sulfonamides is 1. The molecule has 3 rings (SSSR count). The highest BCUT2D eigenvalue weighted by Crippen LogP contribution is 2.33. The van der Waals surface area contributed by atoms with Crippen molar-refractivity contribution < 1.29 is 18.1 Å². The van der Waals surface area contributed by atoms with E-state index in [2.05, 4.69) is 19.2 Å². The molecule has 0 aliphatic heterocycles. The number of nitrogens with zero attached hydrogens (tertiary/aromatic N) is 2. The third-order valence-corrected chi connectivity index (χ3v) is 8.74. The van der Waals surface area contributed by atoms with Crippen LogP contribution in [0.25, 0.3) is 0 Å². The van der Waals surface area contributed by atoms with E-state index in [1.165, 1.54) is 12.1 Å². The van der Waals surface area contributed by atoms with E-state index in [0.29, 0.717) is 17.2 Å². The van der Waals surface area contributed by atoms with E-state index in [1.54, 1.807) is 19.1 Å². The zero-order valence-corrected chi connectivity index (χ0v) is 21.3. The van der Waals surface area contributed by atoms with Crippen molar-refractivity contribution in [1.82, 2.24) is 5.32 Å². The minimum Gasteiger partial charge on any atom is -0.352 e. The van der Waals surface area contributed by atoms with Crippen LogP contribution in [-0.4, -0.2) is 31.8 Å². The largest absolute Gasteiger partial charge is 0.352 e. The van der Waals surface area contributed by atoms with Crippen molar-refractivity contribution in [2.24, 2.45) is 11.8 Å². The van der Waals surface area contributed by atoms with Crippen molar-refractivity contribution in [2.45, 2.75) is 57.9 Å². The Morgan fingerprint density at radius 3 is 2.53 bits per heavy atom. The van der Waals surface area contributed by atoms with Crippen LogP contribution in [0.4, 0.5) is 11.4 Å². The van der Waals surface area contributed by atoms with E-state index in [9.17, 15) is 23.3 Å². The number of aryl methyl sites for hydroxylation is 2. The standard InChI is InChI=1S/C24H30ClN3O5S/c1-15-8-11-22(17(3)12-15)27(14-24(29)26-21-7-5-6-16(2)18(21)4)34(32,33)19-9-10-20(25)23(13-19)28(30)31/h8-13,16,18,21H,5-7,14H2,1-4H3,(H,26,29)/t16-,18+,21+/m0/s1. The van der Waals surface area contributed by atoms with E-state index in [0.717, 1.165) is 35.2 Å². The minimum atomic E-state index is -4.31. The average Bonchev–Trinajstić information content (AvgIpc) is 2.75. The first-order chi connectivity index (χ1) is 15.9. The van der Waals surface area contributed by atoms with Crippen molar-refractivity contribution >= 4 is 38.9 Å². The van der Waals surface area contributed by atoms with E-state index in [4.69, 9.17) is 11.6 Å². The Bertz CT molecular complexity index is 1200. The Morgan fingerprint density at radius 1 is 1.18 bits per heavy atom. The van der Waals surface area contributed by atoms with Crippen molar-refractivity contribution in [3.8, 4) is 0 Å². The number of hydrogen-bond donors (Lipinski definition) is 1. The molecule has 184 valence electrons. The van der Waals surface area contributed by atoms with Crippen molar-refractivity contribution in [2.75, 3.05) is 10.8 Å². The third kappa shape index (κ3) is 5.52. The van der Waals surface area contributed by atoms with E-state index in [-0.39, 0.29) is 21.9 Å². The minimum absolute atomic E-state index is 0.0310. The SMILES string of the molecule is Cc1ccc(N(CC(=O)N[C@@H]2CCC[C@H](C)[C@H]2C)S(=O)(=O)c2ccc(Cl)c([N+](=O)[O-])c2)c(C)c1. The van der Waals surface area contributed by atoms with Crippen LogP contribution in [0.2, 0.25) is 5.02 Å². The Kier molecular flexibility index (Phi) is 7.88. The molecule has 0 bridgehead atoms. The highest BCUT2D eigenvalue weighted by Gasteiger charge is 2.33. The Hall–Kier alpha value is -2.65. The van der Waals surface area contributed by atoms with Gasteiger partial charge in [-0.2, -0.15) is 0 Å². The Morgan fingerprint density at radius 2 is 1.88 bits per heavy atom. The fourth-order valence-electron chi connectivity index (χ4n) is 4.47. The summed E-state index contributed by atoms with van der Waals surface area (Å²) in [5, 5.41) is 14.2. The molecular weight excluding hydrogens is 478 g/mol. The molecule has 0 aromatic heterocycles. The van der Waals surface area contributed by atoms with Crippen LogP contribution in [0.1, 0.15) is 44.2 Å². The van der Waals surface area contributed by atoms with Crippen LogP contribution in [0, 0.1) is 35.8 Å². The first-order valence-corrected chi connectivity index (χ1v) is 13.1. The summed E-state index contributed by atoms with van der Waals surface area (Å²) in [6.45, 7) is 7.46. The summed E-state index contributed by atoms with van der Waals surface area (Å²) in [6, 6.07) is 8.52. The number of halogens is 1. The van der Waals surface area contributed by atoms with Gasteiger partial charge in [-0.25, -0.2) is 8.42 Å². The molecule has 0 spiro atoms. The van der Waals surface area contributed by atoms with Gasteiger partial charge in [-0.3, -0.25) is 19.2 Å². The van der Waals surface area contributed by atoms with E-state index >= 15 is 0 Å². The van der Waals surface area contributed by atoms with Crippen LogP contribution >= 0.6 is 11.6 Å². The quantitative estimate of drug-likeness (QED) is 0.419. The molecule has 10 heteroatoms. The van der Waals surface area contributed by atoms with Crippen LogP contribution in [-0.2, 0) is 14.8 Å². The van der Waals surface area contributed by atoms with Gasteiger partial charge in [0.15, 0.2) is 0 Å². The predicted molar refractivity (Wildman–Crippen MR) is 133 cm³/mol. The number of amides is 1. The first kappa shape index (κ1) is 26.0. The van der Waals surface area contributed by atoms with Crippen LogP contribution < -0.4 is 9.62 Å². The molecule has 1 fully saturated rings. The summed E-state index contributed by atoms with van der Waals surface area (Å²) in [4.78, 5) is 23.4. The summed E-state index contributed by atoms with van der Waals surface area (Å²) >= 11 is 5.88. The molecule has 1 N–H and O–H groups in total. The maximum Gasteiger partial charge on any atom is 0.289 e. The zero-order valence-electron chi connectivity index (χ0n) is 19.7. The van der Waals surface area contributed by atoms with Crippen molar-refractivity contribution in [3.63, 3.8) is 0 Å². The van der Waals surface area contributed by atoms with Gasteiger partial charge in [0.05, 0.1) is 15.5 Å². The second-order valence-electron chi connectivity index (χ2n) is 9.11. The van der Waals surface area contributed by atoms with Crippen molar-refractivity contribution in [1.29, 1.82) is 0 Å². The highest BCUT2D eigenvalue weighted by atomic mass is 35.5. The summed E-state index contributed by atoms with van der Waals surface area (Å²) < 4.78 is 28.4. The van der Waals surface area contributed by atoms with Gasteiger partial charge in [0.2, 0.25) is 5.91 Å². The summed E-state index contributed by atoms with van der Waals surface area (Å²) in [5.41, 5.74) is 1.43. The monoisotopic (exact) mass is 507 g/mol. The number of anilines is 1. The van der Waals surface area contributed by atoms with Gasteiger partial charge in [-0.05, 0) is 55.9 Å². The van der Waals surface area contributed by atoms with Gasteiger partial charge in [0.25, 0.3) is 15.7 Å². The van der Waals surface area contributed by atoms with Gasteiger partial charge in [-0.15, -0.1) is 0 Å². The summed E-state index contributed by atoms with van der Waals surface area (Å²) in [5.74, 6) is 0.327. The molecule has 2 aromatic rings. The zero-order chi connectivity index (χ0) is 25.2. The number of hydrogen-bond acceptors (Lipinski definition) is 5. The fourth-order valence-corrected chi connectivity index (χ4v) is 6.17. The lowest BCUT2D eigenvalue weighted by Crippen LogP contribution is -2.48. The van der Waals surface area contributed by atoms with Crippen LogP contribution in [0.3, 0.4) is 0 Å². The molecule has 0 heterocycles. The number of carbonyl (C=O) groups excluding carboxylic acids is 1. The topological polar surface area (TPSA) is 110 Å². The van der Waals surface area contributed by atoms with E-state index in [1.807, 2.05) is 13.0 Å². The van der Waals surface area contributed by atoms with Crippen LogP contribution in [0.15, 0.2) is 41.3 Å². The number of rotatable bonds is 7.